The second-order valence-electron chi connectivity index (χ2n) is 3.85. The molecule has 0 aliphatic heterocycles. The predicted octanol–water partition coefficient (Wildman–Crippen LogP) is 1.79. The zero-order valence-electron chi connectivity index (χ0n) is 10.3. The van der Waals surface area contributed by atoms with E-state index in [1.54, 1.807) is 18.0 Å². The number of aliphatic hydroxyl groups is 1. The first-order valence-corrected chi connectivity index (χ1v) is 6.68. The van der Waals surface area contributed by atoms with Gasteiger partial charge in [-0.25, -0.2) is 4.98 Å². The Morgan fingerprint density at radius 3 is 2.88 bits per heavy atom. The average molecular weight is 251 g/mol. The summed E-state index contributed by atoms with van der Waals surface area (Å²) in [6.07, 6.45) is 3.63. The molecule has 0 aliphatic rings. The van der Waals surface area contributed by atoms with E-state index < -0.39 is 0 Å². The van der Waals surface area contributed by atoms with Crippen LogP contribution in [0.2, 0.25) is 0 Å². The van der Waals surface area contributed by atoms with Crippen molar-refractivity contribution in [3.05, 3.63) is 23.4 Å². The molecule has 4 nitrogen and oxygen atoms in total. The summed E-state index contributed by atoms with van der Waals surface area (Å²) in [5, 5.41) is 21.6. The molecule has 1 aromatic heterocycles. The highest BCUT2D eigenvalue weighted by Crippen LogP contribution is 2.19. The highest BCUT2D eigenvalue weighted by Gasteiger charge is 2.17. The lowest BCUT2D eigenvalue weighted by Gasteiger charge is -2.22. The molecule has 0 amide bonds. The number of anilines is 1. The van der Waals surface area contributed by atoms with Gasteiger partial charge in [0.2, 0.25) is 0 Å². The van der Waals surface area contributed by atoms with E-state index in [1.807, 2.05) is 26.2 Å². The van der Waals surface area contributed by atoms with Crippen molar-refractivity contribution in [2.24, 2.45) is 0 Å². The van der Waals surface area contributed by atoms with Crippen LogP contribution in [0.1, 0.15) is 18.1 Å². The number of nitrogens with zero attached hydrogens (tertiary/aromatic N) is 2. The van der Waals surface area contributed by atoms with Crippen molar-refractivity contribution < 1.29 is 5.11 Å². The van der Waals surface area contributed by atoms with E-state index in [-0.39, 0.29) is 17.9 Å². The molecule has 1 rings (SSSR count). The number of rotatable bonds is 5. The summed E-state index contributed by atoms with van der Waals surface area (Å²) in [6.45, 7) is 3.96. The van der Waals surface area contributed by atoms with E-state index in [2.05, 4.69) is 16.4 Å². The van der Waals surface area contributed by atoms with Gasteiger partial charge in [0, 0.05) is 17.5 Å². The zero-order valence-corrected chi connectivity index (χ0v) is 11.1. The highest BCUT2D eigenvalue weighted by molar-refractivity contribution is 7.99. The van der Waals surface area contributed by atoms with Gasteiger partial charge in [-0.2, -0.15) is 17.0 Å². The van der Waals surface area contributed by atoms with Crippen molar-refractivity contribution in [3.63, 3.8) is 0 Å². The van der Waals surface area contributed by atoms with Gasteiger partial charge in [-0.15, -0.1) is 0 Å². The van der Waals surface area contributed by atoms with Gasteiger partial charge in [0.05, 0.1) is 12.2 Å². The summed E-state index contributed by atoms with van der Waals surface area (Å²) in [6, 6.07) is 4.01. The van der Waals surface area contributed by atoms with Crippen molar-refractivity contribution in [3.8, 4) is 6.07 Å². The monoisotopic (exact) mass is 251 g/mol. The van der Waals surface area contributed by atoms with Crippen molar-refractivity contribution >= 4 is 17.6 Å². The lowest BCUT2D eigenvalue weighted by atomic mass is 10.1. The highest BCUT2D eigenvalue weighted by atomic mass is 32.2. The van der Waals surface area contributed by atoms with E-state index in [1.165, 1.54) is 0 Å². The maximum absolute atomic E-state index is 9.21. The van der Waals surface area contributed by atoms with E-state index in [9.17, 15) is 5.11 Å². The van der Waals surface area contributed by atoms with Crippen LogP contribution in [0.4, 0.5) is 5.82 Å². The topological polar surface area (TPSA) is 68.9 Å². The molecule has 0 radical (unpaired) electrons. The number of hydrogen-bond acceptors (Lipinski definition) is 5. The molecule has 17 heavy (non-hydrogen) atoms. The molecule has 92 valence electrons. The van der Waals surface area contributed by atoms with E-state index in [0.29, 0.717) is 11.4 Å². The van der Waals surface area contributed by atoms with Crippen LogP contribution in [0.25, 0.3) is 0 Å². The summed E-state index contributed by atoms with van der Waals surface area (Å²) in [4.78, 5) is 4.18. The molecule has 0 saturated carbocycles. The third kappa shape index (κ3) is 3.35. The Morgan fingerprint density at radius 2 is 2.35 bits per heavy atom. The van der Waals surface area contributed by atoms with E-state index in [4.69, 9.17) is 5.26 Å². The zero-order chi connectivity index (χ0) is 12.8. The smallest absolute Gasteiger partial charge is 0.144 e. The van der Waals surface area contributed by atoms with Crippen molar-refractivity contribution in [2.45, 2.75) is 25.1 Å². The average Bonchev–Trinajstić information content (AvgIpc) is 2.31. The number of pyridine rings is 1. The maximum atomic E-state index is 9.21. The number of aromatic nitrogens is 1. The molecule has 0 aromatic carbocycles. The van der Waals surface area contributed by atoms with Gasteiger partial charge in [-0.3, -0.25) is 0 Å². The number of hydrogen-bond donors (Lipinski definition) is 2. The van der Waals surface area contributed by atoms with Gasteiger partial charge in [0.1, 0.15) is 11.9 Å². The van der Waals surface area contributed by atoms with Crippen molar-refractivity contribution in [1.29, 1.82) is 5.26 Å². The molecule has 1 aromatic rings. The Kier molecular flexibility index (Phi) is 5.26. The van der Waals surface area contributed by atoms with E-state index in [0.717, 1.165) is 5.56 Å². The minimum atomic E-state index is 0.0522. The van der Waals surface area contributed by atoms with Gasteiger partial charge >= 0.3 is 0 Å². The fraction of sp³-hybridized carbons (Fsp3) is 0.500. The Hall–Kier alpha value is -1.25. The largest absolute Gasteiger partial charge is 0.395 e. The molecule has 5 heteroatoms. The van der Waals surface area contributed by atoms with Crippen LogP contribution in [-0.4, -0.2) is 34.2 Å². The number of aryl methyl sites for hydroxylation is 1. The fourth-order valence-corrected chi connectivity index (χ4v) is 2.18. The third-order valence-corrected chi connectivity index (χ3v) is 3.84. The van der Waals surface area contributed by atoms with Crippen molar-refractivity contribution in [1.82, 2.24) is 4.98 Å². The minimum absolute atomic E-state index is 0.0522. The Morgan fingerprint density at radius 1 is 1.65 bits per heavy atom. The van der Waals surface area contributed by atoms with Crippen LogP contribution < -0.4 is 5.32 Å². The lowest BCUT2D eigenvalue weighted by Crippen LogP contribution is -2.31. The van der Waals surface area contributed by atoms with E-state index >= 15 is 0 Å². The van der Waals surface area contributed by atoms with Gasteiger partial charge in [-0.1, -0.05) is 0 Å². The van der Waals surface area contributed by atoms with Crippen LogP contribution in [0.3, 0.4) is 0 Å². The predicted molar refractivity (Wildman–Crippen MR) is 71.2 cm³/mol. The second-order valence-corrected chi connectivity index (χ2v) is 4.93. The molecule has 0 spiro atoms. The molecule has 0 saturated heterocycles. The first-order chi connectivity index (χ1) is 8.13. The number of nitriles is 1. The van der Waals surface area contributed by atoms with Crippen molar-refractivity contribution in [2.75, 3.05) is 18.2 Å². The lowest BCUT2D eigenvalue weighted by molar-refractivity contribution is 0.288. The molecule has 2 unspecified atom stereocenters. The molecule has 2 N–H and O–H groups in total. The molecule has 0 bridgehead atoms. The second kappa shape index (κ2) is 6.48. The summed E-state index contributed by atoms with van der Waals surface area (Å²) in [5.41, 5.74) is 1.47. The fourth-order valence-electron chi connectivity index (χ4n) is 1.55. The Labute approximate surface area is 106 Å². The SMILES string of the molecule is CSC(CO)C(C)Nc1nccc(C)c1C#N. The molecular weight excluding hydrogens is 234 g/mol. The molecule has 1 heterocycles. The standard InChI is InChI=1S/C12H17N3OS/c1-8-4-5-14-12(10(8)6-13)15-9(2)11(7-16)17-3/h4-5,9,11,16H,7H2,1-3H3,(H,14,15). The third-order valence-electron chi connectivity index (χ3n) is 2.68. The quantitative estimate of drug-likeness (QED) is 0.835. The number of thioether (sulfide) groups is 1. The van der Waals surface area contributed by atoms with Crippen LogP contribution in [0, 0.1) is 18.3 Å². The van der Waals surface area contributed by atoms with Gasteiger partial charge in [0.15, 0.2) is 0 Å². The van der Waals surface area contributed by atoms with Gasteiger partial charge in [0.25, 0.3) is 0 Å². The van der Waals surface area contributed by atoms with Gasteiger partial charge in [-0.05, 0) is 31.7 Å². The molecule has 0 fully saturated rings. The van der Waals surface area contributed by atoms with Crippen LogP contribution in [0.15, 0.2) is 12.3 Å². The Balaban J connectivity index is 2.89. The van der Waals surface area contributed by atoms with Crippen LogP contribution in [0.5, 0.6) is 0 Å². The maximum Gasteiger partial charge on any atom is 0.144 e. The summed E-state index contributed by atoms with van der Waals surface area (Å²) in [5.74, 6) is 0.590. The van der Waals surface area contributed by atoms with Crippen LogP contribution >= 0.6 is 11.8 Å². The summed E-state index contributed by atoms with van der Waals surface area (Å²) in [7, 11) is 0. The van der Waals surface area contributed by atoms with Crippen LogP contribution in [-0.2, 0) is 0 Å². The normalized spacial score (nSPS) is 13.8. The molecule has 2 atom stereocenters. The van der Waals surface area contributed by atoms with Gasteiger partial charge < -0.3 is 10.4 Å². The molecule has 0 aliphatic carbocycles. The summed E-state index contributed by atoms with van der Waals surface area (Å²) < 4.78 is 0. The Bertz CT molecular complexity index is 413. The number of aliphatic hydroxyl groups excluding tert-OH is 1. The first-order valence-electron chi connectivity index (χ1n) is 5.40. The first kappa shape index (κ1) is 13.8. The minimum Gasteiger partial charge on any atom is -0.395 e. The summed E-state index contributed by atoms with van der Waals surface area (Å²) >= 11 is 1.59. The molecular formula is C12H17N3OS. The number of nitrogens with one attached hydrogen (secondary N) is 1.